The Kier molecular flexibility index (Phi) is 3.96. The van der Waals surface area contributed by atoms with Crippen LogP contribution < -0.4 is 5.56 Å². The Labute approximate surface area is 120 Å². The van der Waals surface area contributed by atoms with Crippen molar-refractivity contribution >= 4 is 33.2 Å². The second-order valence-corrected chi connectivity index (χ2v) is 5.03. The molecule has 0 saturated carbocycles. The van der Waals surface area contributed by atoms with Crippen molar-refractivity contribution in [2.45, 2.75) is 6.54 Å². The van der Waals surface area contributed by atoms with Crippen LogP contribution in [0.5, 0.6) is 0 Å². The van der Waals surface area contributed by atoms with Crippen LogP contribution in [0.1, 0.15) is 5.56 Å². The molecule has 0 N–H and O–H groups in total. The van der Waals surface area contributed by atoms with Crippen LogP contribution in [-0.2, 0) is 6.54 Å². The van der Waals surface area contributed by atoms with Crippen molar-refractivity contribution in [1.82, 2.24) is 9.55 Å². The zero-order valence-electron chi connectivity index (χ0n) is 9.42. The van der Waals surface area contributed by atoms with Crippen molar-refractivity contribution in [3.05, 3.63) is 66.3 Å². The molecule has 0 aliphatic rings. The van der Waals surface area contributed by atoms with Crippen LogP contribution in [0.2, 0.25) is 5.15 Å². The van der Waals surface area contributed by atoms with E-state index in [2.05, 4.69) is 20.9 Å². The fraction of sp³-hybridized carbons (Fsp3) is 0.0909. The highest BCUT2D eigenvalue weighted by Gasteiger charge is 2.15. The fourth-order valence-electron chi connectivity index (χ4n) is 1.53. The molecule has 19 heavy (non-hydrogen) atoms. The summed E-state index contributed by atoms with van der Waals surface area (Å²) in [4.78, 5) is 25.8. The molecule has 98 valence electrons. The third-order valence-electron chi connectivity index (χ3n) is 2.37. The van der Waals surface area contributed by atoms with Gasteiger partial charge in [0.05, 0.1) is 11.5 Å². The summed E-state index contributed by atoms with van der Waals surface area (Å²) in [7, 11) is 0. The topological polar surface area (TPSA) is 78.0 Å². The molecule has 0 aliphatic carbocycles. The van der Waals surface area contributed by atoms with Crippen LogP contribution in [0.25, 0.3) is 0 Å². The minimum atomic E-state index is -0.705. The van der Waals surface area contributed by atoms with Gasteiger partial charge in [-0.2, -0.15) is 0 Å². The number of rotatable bonds is 3. The molecule has 0 saturated heterocycles. The van der Waals surface area contributed by atoms with E-state index in [-0.39, 0.29) is 6.54 Å². The molecule has 0 radical (unpaired) electrons. The summed E-state index contributed by atoms with van der Waals surface area (Å²) >= 11 is 8.80. The summed E-state index contributed by atoms with van der Waals surface area (Å²) in [6.45, 7) is 0.184. The van der Waals surface area contributed by atoms with Crippen LogP contribution in [-0.4, -0.2) is 14.5 Å². The highest BCUT2D eigenvalue weighted by Crippen LogP contribution is 2.15. The summed E-state index contributed by atoms with van der Waals surface area (Å²) in [5, 5.41) is 11.1. The van der Waals surface area contributed by atoms with Crippen molar-refractivity contribution < 1.29 is 4.92 Å². The van der Waals surface area contributed by atoms with Crippen LogP contribution in [0, 0.1) is 10.1 Å². The van der Waals surface area contributed by atoms with Crippen molar-refractivity contribution in [3.8, 4) is 0 Å². The van der Waals surface area contributed by atoms with Gasteiger partial charge in [0.25, 0.3) is 0 Å². The summed E-state index contributed by atoms with van der Waals surface area (Å²) in [6, 6.07) is 4.47. The van der Waals surface area contributed by atoms with Crippen molar-refractivity contribution in [2.75, 3.05) is 0 Å². The SMILES string of the molecule is O=c1c([N+](=O)[O-])cc(Br)cn1Cc1ccc(Cl)nc1. The van der Waals surface area contributed by atoms with E-state index in [0.717, 1.165) is 5.56 Å². The van der Waals surface area contributed by atoms with Crippen molar-refractivity contribution in [2.24, 2.45) is 0 Å². The lowest BCUT2D eigenvalue weighted by Gasteiger charge is -2.06. The number of nitrogens with zero attached hydrogens (tertiary/aromatic N) is 3. The lowest BCUT2D eigenvalue weighted by molar-refractivity contribution is -0.386. The standard InChI is InChI=1S/C11H7BrClN3O3/c12-8-3-9(16(18)19)11(17)15(6-8)5-7-1-2-10(13)14-4-7/h1-4,6H,5H2. The maximum Gasteiger partial charge on any atom is 0.335 e. The quantitative estimate of drug-likeness (QED) is 0.487. The van der Waals surface area contributed by atoms with Gasteiger partial charge in [-0.05, 0) is 27.6 Å². The van der Waals surface area contributed by atoms with Crippen LogP contribution in [0.15, 0.2) is 39.9 Å². The van der Waals surface area contributed by atoms with E-state index >= 15 is 0 Å². The van der Waals surface area contributed by atoms with Crippen molar-refractivity contribution in [1.29, 1.82) is 0 Å². The maximum atomic E-state index is 11.9. The fourth-order valence-corrected chi connectivity index (χ4v) is 2.10. The number of halogens is 2. The molecule has 0 unspecified atom stereocenters. The van der Waals surface area contributed by atoms with E-state index in [1.54, 1.807) is 12.1 Å². The Hall–Kier alpha value is -1.73. The first-order chi connectivity index (χ1) is 8.97. The number of aromatic nitrogens is 2. The van der Waals surface area contributed by atoms with Gasteiger partial charge in [0.1, 0.15) is 5.15 Å². The van der Waals surface area contributed by atoms with Gasteiger partial charge in [-0.25, -0.2) is 4.98 Å². The predicted octanol–water partition coefficient (Wildman–Crippen LogP) is 2.62. The molecule has 0 aliphatic heterocycles. The van der Waals surface area contributed by atoms with Gasteiger partial charge in [0.15, 0.2) is 0 Å². The summed E-state index contributed by atoms with van der Waals surface area (Å²) in [6.07, 6.45) is 3.01. The minimum absolute atomic E-state index is 0.184. The molecule has 8 heteroatoms. The first kappa shape index (κ1) is 13.7. The normalized spacial score (nSPS) is 10.4. The van der Waals surface area contributed by atoms with Gasteiger partial charge in [-0.1, -0.05) is 17.7 Å². The minimum Gasteiger partial charge on any atom is -0.304 e. The van der Waals surface area contributed by atoms with E-state index < -0.39 is 16.2 Å². The Bertz CT molecular complexity index is 685. The first-order valence-corrected chi connectivity index (χ1v) is 6.29. The van der Waals surface area contributed by atoms with Crippen LogP contribution >= 0.6 is 27.5 Å². The summed E-state index contributed by atoms with van der Waals surface area (Å²) in [5.74, 6) is 0. The average molecular weight is 345 g/mol. The van der Waals surface area contributed by atoms with Gasteiger partial charge in [0, 0.05) is 22.9 Å². The third-order valence-corrected chi connectivity index (χ3v) is 3.03. The van der Waals surface area contributed by atoms with Crippen LogP contribution in [0.4, 0.5) is 5.69 Å². The Morgan fingerprint density at radius 2 is 2.21 bits per heavy atom. The molecule has 0 bridgehead atoms. The maximum absolute atomic E-state index is 11.9. The van der Waals surface area contributed by atoms with E-state index in [1.807, 2.05) is 0 Å². The monoisotopic (exact) mass is 343 g/mol. The van der Waals surface area contributed by atoms with Gasteiger partial charge in [-0.3, -0.25) is 14.9 Å². The number of nitro groups is 1. The molecule has 2 heterocycles. The Morgan fingerprint density at radius 3 is 2.79 bits per heavy atom. The molecular formula is C11H7BrClN3O3. The van der Waals surface area contributed by atoms with E-state index in [9.17, 15) is 14.9 Å². The van der Waals surface area contributed by atoms with Gasteiger partial charge < -0.3 is 4.57 Å². The molecule has 0 atom stereocenters. The number of hydrogen-bond donors (Lipinski definition) is 0. The van der Waals surface area contributed by atoms with Crippen molar-refractivity contribution in [3.63, 3.8) is 0 Å². The zero-order valence-corrected chi connectivity index (χ0v) is 11.8. The molecule has 2 aromatic heterocycles. The smallest absolute Gasteiger partial charge is 0.304 e. The lowest BCUT2D eigenvalue weighted by Crippen LogP contribution is -2.22. The second-order valence-electron chi connectivity index (χ2n) is 3.72. The van der Waals surface area contributed by atoms with Gasteiger partial charge in [-0.15, -0.1) is 0 Å². The van der Waals surface area contributed by atoms with E-state index in [0.29, 0.717) is 9.63 Å². The molecule has 6 nitrogen and oxygen atoms in total. The summed E-state index contributed by atoms with van der Waals surface area (Å²) < 4.78 is 1.70. The van der Waals surface area contributed by atoms with E-state index in [4.69, 9.17) is 11.6 Å². The Balaban J connectivity index is 2.43. The highest BCUT2D eigenvalue weighted by atomic mass is 79.9. The largest absolute Gasteiger partial charge is 0.335 e. The van der Waals surface area contributed by atoms with Gasteiger partial charge in [0.2, 0.25) is 0 Å². The first-order valence-electron chi connectivity index (χ1n) is 5.12. The van der Waals surface area contributed by atoms with E-state index in [1.165, 1.54) is 23.0 Å². The van der Waals surface area contributed by atoms with Crippen LogP contribution in [0.3, 0.4) is 0 Å². The predicted molar refractivity (Wildman–Crippen MR) is 73.4 cm³/mol. The summed E-state index contributed by atoms with van der Waals surface area (Å²) in [5.41, 5.74) is -0.418. The molecule has 0 amide bonds. The molecule has 2 aromatic rings. The third kappa shape index (κ3) is 3.18. The second kappa shape index (κ2) is 5.50. The number of hydrogen-bond acceptors (Lipinski definition) is 4. The number of pyridine rings is 2. The highest BCUT2D eigenvalue weighted by molar-refractivity contribution is 9.10. The lowest BCUT2D eigenvalue weighted by atomic mass is 10.3. The molecule has 2 rings (SSSR count). The Morgan fingerprint density at radius 1 is 1.47 bits per heavy atom. The molecular weight excluding hydrogens is 337 g/mol. The molecule has 0 fully saturated rings. The molecule has 0 spiro atoms. The average Bonchev–Trinajstić information content (AvgIpc) is 2.35. The van der Waals surface area contributed by atoms with Gasteiger partial charge >= 0.3 is 11.2 Å². The molecule has 0 aromatic carbocycles. The zero-order chi connectivity index (χ0) is 14.0.